The molecule has 1 heterocycles. The van der Waals surface area contributed by atoms with Gasteiger partial charge in [-0.3, -0.25) is 14.5 Å². The Kier molecular flexibility index (Phi) is 4.78. The van der Waals surface area contributed by atoms with E-state index in [1.54, 1.807) is 0 Å². The second kappa shape index (κ2) is 6.39. The summed E-state index contributed by atoms with van der Waals surface area (Å²) in [5.74, 6) is 0.120. The number of rotatable bonds is 4. The third kappa shape index (κ3) is 3.16. The van der Waals surface area contributed by atoms with Gasteiger partial charge in [0.15, 0.2) is 5.78 Å². The topological polar surface area (TPSA) is 49.4 Å². The number of benzene rings is 1. The molecular formula is C17H24N2O2. The van der Waals surface area contributed by atoms with Crippen LogP contribution in [0, 0.1) is 13.8 Å². The molecule has 114 valence electrons. The van der Waals surface area contributed by atoms with E-state index in [1.165, 1.54) is 5.56 Å². The molecule has 1 fully saturated rings. The molecule has 1 amide bonds. The molecule has 1 aliphatic heterocycles. The Hall–Kier alpha value is -1.68. The Morgan fingerprint density at radius 1 is 1.38 bits per heavy atom. The molecule has 0 aliphatic carbocycles. The molecule has 2 rings (SSSR count). The third-order valence-electron chi connectivity index (χ3n) is 4.43. The first kappa shape index (κ1) is 15.7. The van der Waals surface area contributed by atoms with E-state index < -0.39 is 0 Å². The summed E-state index contributed by atoms with van der Waals surface area (Å²) in [6.07, 6.45) is 0.719. The zero-order valence-corrected chi connectivity index (χ0v) is 13.3. The van der Waals surface area contributed by atoms with E-state index in [4.69, 9.17) is 0 Å². The van der Waals surface area contributed by atoms with E-state index in [1.807, 2.05) is 50.8 Å². The molecule has 21 heavy (non-hydrogen) atoms. The minimum absolute atomic E-state index is 0.0310. The molecular weight excluding hydrogens is 264 g/mol. The fourth-order valence-electron chi connectivity index (χ4n) is 2.90. The molecule has 0 bridgehead atoms. The molecule has 4 heteroatoms. The van der Waals surface area contributed by atoms with Crippen LogP contribution in [0.5, 0.6) is 0 Å². The van der Waals surface area contributed by atoms with E-state index in [2.05, 4.69) is 5.32 Å². The maximum absolute atomic E-state index is 12.7. The highest BCUT2D eigenvalue weighted by molar-refractivity contribution is 6.00. The summed E-state index contributed by atoms with van der Waals surface area (Å²) >= 11 is 0. The maximum atomic E-state index is 12.7. The zero-order valence-electron chi connectivity index (χ0n) is 13.3. The molecule has 1 aromatic carbocycles. The Labute approximate surface area is 126 Å². The number of carbonyl (C=O) groups excluding carboxylic acids is 2. The molecule has 4 nitrogen and oxygen atoms in total. The first-order chi connectivity index (χ1) is 9.95. The van der Waals surface area contributed by atoms with E-state index in [9.17, 15) is 9.59 Å². The van der Waals surface area contributed by atoms with Gasteiger partial charge in [0, 0.05) is 18.7 Å². The smallest absolute Gasteiger partial charge is 0.237 e. The van der Waals surface area contributed by atoms with Crippen LogP contribution in [0.3, 0.4) is 0 Å². The number of carbonyl (C=O) groups is 2. The summed E-state index contributed by atoms with van der Waals surface area (Å²) in [4.78, 5) is 26.7. The predicted octanol–water partition coefficient (Wildman–Crippen LogP) is 2.09. The Morgan fingerprint density at radius 3 is 2.71 bits per heavy atom. The van der Waals surface area contributed by atoms with Crippen molar-refractivity contribution in [1.82, 2.24) is 10.2 Å². The average molecular weight is 288 g/mol. The number of hydrogen-bond acceptors (Lipinski definition) is 3. The van der Waals surface area contributed by atoms with Gasteiger partial charge in [0.25, 0.3) is 0 Å². The van der Waals surface area contributed by atoms with Gasteiger partial charge >= 0.3 is 0 Å². The molecule has 0 spiro atoms. The van der Waals surface area contributed by atoms with Crippen LogP contribution in [0.2, 0.25) is 0 Å². The summed E-state index contributed by atoms with van der Waals surface area (Å²) in [7, 11) is 0. The van der Waals surface area contributed by atoms with Crippen LogP contribution in [0.4, 0.5) is 0 Å². The molecule has 2 atom stereocenters. The van der Waals surface area contributed by atoms with Crippen molar-refractivity contribution in [2.75, 3.05) is 13.1 Å². The summed E-state index contributed by atoms with van der Waals surface area (Å²) in [5.41, 5.74) is 3.03. The Balaban J connectivity index is 2.21. The Morgan fingerprint density at radius 2 is 2.10 bits per heavy atom. The quantitative estimate of drug-likeness (QED) is 0.863. The Bertz CT molecular complexity index is 554. The fraction of sp³-hybridized carbons (Fsp3) is 0.529. The largest absolute Gasteiger partial charge is 0.353 e. The van der Waals surface area contributed by atoms with Gasteiger partial charge in [-0.1, -0.05) is 19.1 Å². The van der Waals surface area contributed by atoms with Crippen LogP contribution in [0.25, 0.3) is 0 Å². The first-order valence-electron chi connectivity index (χ1n) is 7.60. The third-order valence-corrected chi connectivity index (χ3v) is 4.43. The molecule has 0 aromatic heterocycles. The second-order valence-electron chi connectivity index (χ2n) is 5.79. The summed E-state index contributed by atoms with van der Waals surface area (Å²) in [5, 5.41) is 2.87. The minimum atomic E-state index is -0.275. The lowest BCUT2D eigenvalue weighted by Crippen LogP contribution is -2.59. The molecule has 0 radical (unpaired) electrons. The van der Waals surface area contributed by atoms with E-state index in [0.717, 1.165) is 24.1 Å². The first-order valence-corrected chi connectivity index (χ1v) is 7.60. The van der Waals surface area contributed by atoms with Crippen LogP contribution < -0.4 is 5.32 Å². The average Bonchev–Trinajstić information content (AvgIpc) is 2.48. The normalized spacial score (nSPS) is 21.0. The zero-order chi connectivity index (χ0) is 15.6. The van der Waals surface area contributed by atoms with Gasteiger partial charge in [-0.05, 0) is 44.4 Å². The van der Waals surface area contributed by atoms with Crippen LogP contribution in [-0.2, 0) is 4.79 Å². The summed E-state index contributed by atoms with van der Waals surface area (Å²) in [6, 6.07) is 5.33. The van der Waals surface area contributed by atoms with Gasteiger partial charge in [-0.15, -0.1) is 0 Å². The highest BCUT2D eigenvalue weighted by Crippen LogP contribution is 2.18. The van der Waals surface area contributed by atoms with Crippen molar-refractivity contribution in [3.63, 3.8) is 0 Å². The lowest BCUT2D eigenvalue weighted by Gasteiger charge is -2.38. The van der Waals surface area contributed by atoms with Gasteiger partial charge in [0.2, 0.25) is 5.91 Å². The van der Waals surface area contributed by atoms with Gasteiger partial charge in [0.1, 0.15) is 0 Å². The summed E-state index contributed by atoms with van der Waals surface area (Å²) in [6.45, 7) is 9.27. The second-order valence-corrected chi connectivity index (χ2v) is 5.79. The van der Waals surface area contributed by atoms with Crippen molar-refractivity contribution in [3.8, 4) is 0 Å². The number of amides is 1. The summed E-state index contributed by atoms with van der Waals surface area (Å²) < 4.78 is 0. The van der Waals surface area contributed by atoms with E-state index >= 15 is 0 Å². The molecule has 0 saturated carbocycles. The van der Waals surface area contributed by atoms with Gasteiger partial charge in [-0.25, -0.2) is 0 Å². The van der Waals surface area contributed by atoms with Crippen LogP contribution in [0.1, 0.15) is 41.8 Å². The molecule has 1 aromatic rings. The number of nitrogens with one attached hydrogen (secondary N) is 1. The standard InChI is InChI=1S/C17H24N2O2/c1-5-15-17(21)18-8-9-19(15)13(4)16(20)14-7-6-11(2)12(3)10-14/h6-7,10,13,15H,5,8-9H2,1-4H3,(H,18,21). The van der Waals surface area contributed by atoms with E-state index in [0.29, 0.717) is 6.54 Å². The van der Waals surface area contributed by atoms with Crippen molar-refractivity contribution in [3.05, 3.63) is 34.9 Å². The monoisotopic (exact) mass is 288 g/mol. The molecule has 1 aliphatic rings. The fourth-order valence-corrected chi connectivity index (χ4v) is 2.90. The van der Waals surface area contributed by atoms with Crippen molar-refractivity contribution < 1.29 is 9.59 Å². The highest BCUT2D eigenvalue weighted by Gasteiger charge is 2.34. The van der Waals surface area contributed by atoms with Gasteiger partial charge < -0.3 is 5.32 Å². The number of ketones is 1. The lowest BCUT2D eigenvalue weighted by atomic mass is 9.97. The minimum Gasteiger partial charge on any atom is -0.353 e. The van der Waals surface area contributed by atoms with E-state index in [-0.39, 0.29) is 23.8 Å². The van der Waals surface area contributed by atoms with Crippen molar-refractivity contribution in [2.45, 2.75) is 46.2 Å². The van der Waals surface area contributed by atoms with Crippen molar-refractivity contribution in [1.29, 1.82) is 0 Å². The van der Waals surface area contributed by atoms with Crippen LogP contribution in [-0.4, -0.2) is 41.8 Å². The maximum Gasteiger partial charge on any atom is 0.237 e. The number of hydrogen-bond donors (Lipinski definition) is 1. The lowest BCUT2D eigenvalue weighted by molar-refractivity contribution is -0.129. The van der Waals surface area contributed by atoms with Crippen LogP contribution >= 0.6 is 0 Å². The van der Waals surface area contributed by atoms with Crippen molar-refractivity contribution in [2.24, 2.45) is 0 Å². The SMILES string of the molecule is CCC1C(=O)NCCN1C(C)C(=O)c1ccc(C)c(C)c1. The molecule has 1 saturated heterocycles. The number of Topliss-reactive ketones (excluding diaryl/α,β-unsaturated/α-hetero) is 1. The number of piperazine rings is 1. The van der Waals surface area contributed by atoms with Crippen molar-refractivity contribution >= 4 is 11.7 Å². The van der Waals surface area contributed by atoms with Gasteiger partial charge in [-0.2, -0.15) is 0 Å². The number of aryl methyl sites for hydroxylation is 2. The highest BCUT2D eigenvalue weighted by atomic mass is 16.2. The molecule has 2 unspecified atom stereocenters. The van der Waals surface area contributed by atoms with Gasteiger partial charge in [0.05, 0.1) is 12.1 Å². The molecule has 1 N–H and O–H groups in total. The van der Waals surface area contributed by atoms with Crippen LogP contribution in [0.15, 0.2) is 18.2 Å². The number of nitrogens with zero attached hydrogens (tertiary/aromatic N) is 1. The predicted molar refractivity (Wildman–Crippen MR) is 83.5 cm³/mol.